The third-order valence-corrected chi connectivity index (χ3v) is 3.28. The molecule has 1 unspecified atom stereocenters. The zero-order valence-electron chi connectivity index (χ0n) is 9.71. The van der Waals surface area contributed by atoms with E-state index in [4.69, 9.17) is 11.6 Å². The Bertz CT molecular complexity index is 411. The van der Waals surface area contributed by atoms with Crippen molar-refractivity contribution in [2.24, 2.45) is 0 Å². The number of halogens is 3. The van der Waals surface area contributed by atoms with Crippen molar-refractivity contribution in [1.29, 1.82) is 0 Å². The molecule has 0 fully saturated rings. The summed E-state index contributed by atoms with van der Waals surface area (Å²) in [4.78, 5) is 13.6. The summed E-state index contributed by atoms with van der Waals surface area (Å²) in [5.41, 5.74) is 0.328. The van der Waals surface area contributed by atoms with Gasteiger partial charge in [-0.15, -0.1) is 11.6 Å². The molecule has 0 bridgehead atoms. The summed E-state index contributed by atoms with van der Waals surface area (Å²) < 4.78 is 13.7. The van der Waals surface area contributed by atoms with Crippen LogP contribution < -0.4 is 0 Å². The second-order valence-electron chi connectivity index (χ2n) is 3.92. The van der Waals surface area contributed by atoms with Crippen LogP contribution in [0.5, 0.6) is 0 Å². The van der Waals surface area contributed by atoms with E-state index in [2.05, 4.69) is 15.9 Å². The van der Waals surface area contributed by atoms with Crippen LogP contribution in [-0.2, 0) is 0 Å². The lowest BCUT2D eigenvalue weighted by molar-refractivity contribution is 0.0792. The van der Waals surface area contributed by atoms with Crippen LogP contribution in [-0.4, -0.2) is 29.8 Å². The summed E-state index contributed by atoms with van der Waals surface area (Å²) in [6.45, 7) is 2.42. The minimum absolute atomic E-state index is 0.0150. The van der Waals surface area contributed by atoms with E-state index in [1.807, 2.05) is 6.92 Å². The fraction of sp³-hybridized carbons (Fsp3) is 0.417. The molecule has 0 spiro atoms. The van der Waals surface area contributed by atoms with Crippen molar-refractivity contribution in [1.82, 2.24) is 4.90 Å². The average Bonchev–Trinajstić information content (AvgIpc) is 2.28. The van der Waals surface area contributed by atoms with Gasteiger partial charge in [0.05, 0.1) is 5.56 Å². The molecule has 17 heavy (non-hydrogen) atoms. The van der Waals surface area contributed by atoms with Gasteiger partial charge in [0, 0.05) is 23.4 Å². The lowest BCUT2D eigenvalue weighted by atomic mass is 10.2. The molecule has 0 radical (unpaired) electrons. The van der Waals surface area contributed by atoms with Crippen LogP contribution in [0.4, 0.5) is 4.39 Å². The molecular formula is C12H14BrClFNO. The van der Waals surface area contributed by atoms with Crippen LogP contribution in [0.3, 0.4) is 0 Å². The van der Waals surface area contributed by atoms with Crippen LogP contribution in [0.15, 0.2) is 22.7 Å². The van der Waals surface area contributed by atoms with E-state index < -0.39 is 5.82 Å². The molecule has 0 aliphatic carbocycles. The van der Waals surface area contributed by atoms with E-state index in [1.165, 1.54) is 18.2 Å². The molecule has 0 heterocycles. The molecule has 1 rings (SSSR count). The summed E-state index contributed by atoms with van der Waals surface area (Å²) in [6, 6.07) is 4.06. The number of rotatable bonds is 4. The second-order valence-corrected chi connectivity index (χ2v) is 5.52. The SMILES string of the molecule is CC(Cl)CCN(C)C(=O)c1cc(F)ccc1Br. The number of benzene rings is 1. The predicted octanol–water partition coefficient (Wildman–Crippen LogP) is 3.68. The molecule has 0 N–H and O–H groups in total. The number of hydrogen-bond donors (Lipinski definition) is 0. The largest absolute Gasteiger partial charge is 0.342 e. The van der Waals surface area contributed by atoms with E-state index in [-0.39, 0.29) is 11.3 Å². The normalized spacial score (nSPS) is 12.3. The first kappa shape index (κ1) is 14.5. The molecule has 5 heteroatoms. The maximum atomic E-state index is 13.1. The van der Waals surface area contributed by atoms with Gasteiger partial charge >= 0.3 is 0 Å². The molecule has 1 aromatic carbocycles. The Morgan fingerprint density at radius 1 is 1.59 bits per heavy atom. The van der Waals surface area contributed by atoms with Crippen LogP contribution in [0.2, 0.25) is 0 Å². The summed E-state index contributed by atoms with van der Waals surface area (Å²) in [7, 11) is 1.68. The summed E-state index contributed by atoms with van der Waals surface area (Å²) >= 11 is 9.06. The number of carbonyl (C=O) groups excluding carboxylic acids is 1. The number of alkyl halides is 1. The van der Waals surface area contributed by atoms with Gasteiger partial charge in [-0.1, -0.05) is 0 Å². The number of amides is 1. The van der Waals surface area contributed by atoms with Gasteiger partial charge in [0.2, 0.25) is 0 Å². The maximum Gasteiger partial charge on any atom is 0.254 e. The van der Waals surface area contributed by atoms with Gasteiger partial charge in [0.25, 0.3) is 5.91 Å². The van der Waals surface area contributed by atoms with Crippen molar-refractivity contribution in [3.63, 3.8) is 0 Å². The van der Waals surface area contributed by atoms with E-state index in [0.717, 1.165) is 0 Å². The molecule has 0 saturated heterocycles. The average molecular weight is 323 g/mol. The molecule has 1 atom stereocenters. The quantitative estimate of drug-likeness (QED) is 0.774. The van der Waals surface area contributed by atoms with Crippen LogP contribution in [0.1, 0.15) is 23.7 Å². The van der Waals surface area contributed by atoms with Crippen molar-refractivity contribution < 1.29 is 9.18 Å². The van der Waals surface area contributed by atoms with E-state index in [1.54, 1.807) is 11.9 Å². The van der Waals surface area contributed by atoms with Crippen LogP contribution in [0.25, 0.3) is 0 Å². The Morgan fingerprint density at radius 3 is 2.82 bits per heavy atom. The van der Waals surface area contributed by atoms with Crippen LogP contribution in [0, 0.1) is 5.82 Å². The highest BCUT2D eigenvalue weighted by Crippen LogP contribution is 2.19. The molecule has 0 aromatic heterocycles. The van der Waals surface area contributed by atoms with Crippen molar-refractivity contribution in [3.05, 3.63) is 34.1 Å². The summed E-state index contributed by atoms with van der Waals surface area (Å²) in [5, 5.41) is 0.0150. The van der Waals surface area contributed by atoms with Gasteiger partial charge in [-0.25, -0.2) is 4.39 Å². The van der Waals surface area contributed by atoms with Gasteiger partial charge < -0.3 is 4.90 Å². The first-order valence-electron chi connectivity index (χ1n) is 5.26. The van der Waals surface area contributed by atoms with Gasteiger partial charge in [0.15, 0.2) is 0 Å². The van der Waals surface area contributed by atoms with Gasteiger partial charge in [-0.2, -0.15) is 0 Å². The molecular weight excluding hydrogens is 308 g/mol. The predicted molar refractivity (Wildman–Crippen MR) is 71.0 cm³/mol. The van der Waals surface area contributed by atoms with Gasteiger partial charge in [0.1, 0.15) is 5.82 Å². The molecule has 0 aliphatic rings. The van der Waals surface area contributed by atoms with Gasteiger partial charge in [-0.3, -0.25) is 4.79 Å². The lowest BCUT2D eigenvalue weighted by Crippen LogP contribution is -2.29. The Labute approximate surface area is 114 Å². The zero-order chi connectivity index (χ0) is 13.0. The monoisotopic (exact) mass is 321 g/mol. The van der Waals surface area contributed by atoms with Crippen molar-refractivity contribution in [2.75, 3.05) is 13.6 Å². The molecule has 1 aromatic rings. The standard InChI is InChI=1S/C12H14BrClFNO/c1-8(14)5-6-16(2)12(17)10-7-9(15)3-4-11(10)13/h3-4,7-8H,5-6H2,1-2H3. The van der Waals surface area contributed by atoms with Gasteiger partial charge in [-0.05, 0) is 47.5 Å². The topological polar surface area (TPSA) is 20.3 Å². The summed E-state index contributed by atoms with van der Waals surface area (Å²) in [5.74, 6) is -0.635. The minimum Gasteiger partial charge on any atom is -0.342 e. The van der Waals surface area contributed by atoms with Crippen molar-refractivity contribution in [2.45, 2.75) is 18.7 Å². The van der Waals surface area contributed by atoms with Crippen LogP contribution >= 0.6 is 27.5 Å². The Morgan fingerprint density at radius 2 is 2.24 bits per heavy atom. The Kier molecular flexibility index (Phi) is 5.40. The van der Waals surface area contributed by atoms with Crippen molar-refractivity contribution >= 4 is 33.4 Å². The number of carbonyl (C=O) groups is 1. The molecule has 0 saturated carbocycles. The Balaban J connectivity index is 2.78. The third-order valence-electron chi connectivity index (χ3n) is 2.37. The lowest BCUT2D eigenvalue weighted by Gasteiger charge is -2.18. The first-order chi connectivity index (χ1) is 7.91. The summed E-state index contributed by atoms with van der Waals surface area (Å²) in [6.07, 6.45) is 0.705. The molecule has 0 aliphatic heterocycles. The van der Waals surface area contributed by atoms with E-state index in [0.29, 0.717) is 23.0 Å². The van der Waals surface area contributed by atoms with E-state index in [9.17, 15) is 9.18 Å². The Hall–Kier alpha value is -0.610. The first-order valence-corrected chi connectivity index (χ1v) is 6.49. The van der Waals surface area contributed by atoms with Crippen molar-refractivity contribution in [3.8, 4) is 0 Å². The highest BCUT2D eigenvalue weighted by molar-refractivity contribution is 9.10. The zero-order valence-corrected chi connectivity index (χ0v) is 12.1. The number of nitrogens with zero attached hydrogens (tertiary/aromatic N) is 1. The third kappa shape index (κ3) is 4.28. The molecule has 1 amide bonds. The highest BCUT2D eigenvalue weighted by atomic mass is 79.9. The molecule has 2 nitrogen and oxygen atoms in total. The highest BCUT2D eigenvalue weighted by Gasteiger charge is 2.15. The van der Waals surface area contributed by atoms with E-state index >= 15 is 0 Å². The number of hydrogen-bond acceptors (Lipinski definition) is 1. The molecule has 94 valence electrons. The maximum absolute atomic E-state index is 13.1. The fourth-order valence-corrected chi connectivity index (χ4v) is 1.85. The fourth-order valence-electron chi connectivity index (χ4n) is 1.34. The minimum atomic E-state index is -0.421. The smallest absolute Gasteiger partial charge is 0.254 e. The second kappa shape index (κ2) is 6.36.